The average Bonchev–Trinajstić information content (AvgIpc) is 2.34. The summed E-state index contributed by atoms with van der Waals surface area (Å²) in [4.78, 5) is 11.3. The van der Waals surface area contributed by atoms with E-state index < -0.39 is 0 Å². The molecular weight excluding hydrogens is 232 g/mol. The third kappa shape index (κ3) is 5.75. The number of hydrogen-bond acceptors (Lipinski definition) is 3. The maximum Gasteiger partial charge on any atom is 0.234 e. The lowest BCUT2D eigenvalue weighted by Gasteiger charge is -2.15. The van der Waals surface area contributed by atoms with Gasteiger partial charge in [-0.15, -0.1) is 0 Å². The highest BCUT2D eigenvalue weighted by molar-refractivity contribution is 7.99. The number of thioether (sulfide) groups is 1. The number of rotatable bonds is 8. The van der Waals surface area contributed by atoms with E-state index in [4.69, 9.17) is 5.73 Å². The van der Waals surface area contributed by atoms with Crippen LogP contribution in [0.5, 0.6) is 0 Å². The van der Waals surface area contributed by atoms with Crippen molar-refractivity contribution in [2.45, 2.75) is 25.9 Å². The van der Waals surface area contributed by atoms with Crippen molar-refractivity contribution in [3.05, 3.63) is 35.9 Å². The normalized spacial score (nSPS) is 12.3. The van der Waals surface area contributed by atoms with Crippen molar-refractivity contribution < 1.29 is 4.79 Å². The Bertz CT molecular complexity index is 329. The van der Waals surface area contributed by atoms with E-state index in [2.05, 4.69) is 12.2 Å². The average molecular weight is 252 g/mol. The summed E-state index contributed by atoms with van der Waals surface area (Å²) in [6.45, 7) is 2.80. The highest BCUT2D eigenvalue weighted by atomic mass is 32.2. The van der Waals surface area contributed by atoms with Gasteiger partial charge in [0.25, 0.3) is 0 Å². The first-order valence-electron chi connectivity index (χ1n) is 5.88. The Morgan fingerprint density at radius 2 is 2.12 bits per heavy atom. The van der Waals surface area contributed by atoms with Gasteiger partial charge in [0.2, 0.25) is 5.91 Å². The first-order valence-corrected chi connectivity index (χ1v) is 7.04. The molecule has 1 unspecified atom stereocenters. The number of carbonyl (C=O) groups is 1. The zero-order chi connectivity index (χ0) is 12.5. The van der Waals surface area contributed by atoms with Crippen LogP contribution < -0.4 is 11.1 Å². The number of hydrogen-bond donors (Lipinski definition) is 2. The van der Waals surface area contributed by atoms with Crippen molar-refractivity contribution in [3.8, 4) is 0 Å². The standard InChI is InChI=1S/C13H20N2OS/c1-2-17-9-8-12(13(14)16)15-10-11-6-4-3-5-7-11/h3-7,12,15H,2,8-10H2,1H3,(H2,14,16). The second-order valence-corrected chi connectivity index (χ2v) is 5.20. The van der Waals surface area contributed by atoms with E-state index in [1.165, 1.54) is 5.56 Å². The van der Waals surface area contributed by atoms with Crippen LogP contribution in [0.3, 0.4) is 0 Å². The van der Waals surface area contributed by atoms with Gasteiger partial charge in [-0.1, -0.05) is 37.3 Å². The number of nitrogens with two attached hydrogens (primary N) is 1. The molecule has 0 aliphatic carbocycles. The van der Waals surface area contributed by atoms with Gasteiger partial charge in [0.05, 0.1) is 6.04 Å². The van der Waals surface area contributed by atoms with E-state index in [0.29, 0.717) is 6.54 Å². The summed E-state index contributed by atoms with van der Waals surface area (Å²) in [5, 5.41) is 3.21. The molecule has 1 aromatic carbocycles. The summed E-state index contributed by atoms with van der Waals surface area (Å²) in [6, 6.07) is 9.80. The lowest BCUT2D eigenvalue weighted by molar-refractivity contribution is -0.120. The Balaban J connectivity index is 2.36. The van der Waals surface area contributed by atoms with Crippen LogP contribution in [0.1, 0.15) is 18.9 Å². The molecule has 1 amide bonds. The fourth-order valence-corrected chi connectivity index (χ4v) is 2.22. The zero-order valence-corrected chi connectivity index (χ0v) is 11.0. The van der Waals surface area contributed by atoms with Gasteiger partial charge < -0.3 is 11.1 Å². The van der Waals surface area contributed by atoms with E-state index >= 15 is 0 Å². The van der Waals surface area contributed by atoms with Gasteiger partial charge in [-0.25, -0.2) is 0 Å². The monoisotopic (exact) mass is 252 g/mol. The zero-order valence-electron chi connectivity index (χ0n) is 10.2. The fourth-order valence-electron chi connectivity index (χ4n) is 1.53. The van der Waals surface area contributed by atoms with Crippen LogP contribution in [-0.2, 0) is 11.3 Å². The first kappa shape index (κ1) is 14.1. The Kier molecular flexibility index (Phi) is 6.74. The van der Waals surface area contributed by atoms with E-state index in [1.54, 1.807) is 0 Å². The molecule has 4 heteroatoms. The SMILES string of the molecule is CCSCCC(NCc1ccccc1)C(N)=O. The summed E-state index contributed by atoms with van der Waals surface area (Å²) in [7, 11) is 0. The maximum atomic E-state index is 11.3. The van der Waals surface area contributed by atoms with Crippen LogP contribution in [0.2, 0.25) is 0 Å². The lowest BCUT2D eigenvalue weighted by atomic mass is 10.2. The molecule has 0 aromatic heterocycles. The van der Waals surface area contributed by atoms with Gasteiger partial charge in [-0.2, -0.15) is 11.8 Å². The Hall–Kier alpha value is -1.00. The Morgan fingerprint density at radius 1 is 1.41 bits per heavy atom. The molecule has 94 valence electrons. The second kappa shape index (κ2) is 8.14. The molecule has 0 spiro atoms. The second-order valence-electron chi connectivity index (χ2n) is 3.81. The van der Waals surface area contributed by atoms with Crippen molar-refractivity contribution in [2.24, 2.45) is 5.73 Å². The molecular formula is C13H20N2OS. The van der Waals surface area contributed by atoms with Gasteiger partial charge in [-0.05, 0) is 23.5 Å². The van der Waals surface area contributed by atoms with E-state index in [1.807, 2.05) is 42.1 Å². The van der Waals surface area contributed by atoms with Crippen LogP contribution >= 0.6 is 11.8 Å². The number of carbonyl (C=O) groups excluding carboxylic acids is 1. The first-order chi connectivity index (χ1) is 8.24. The van der Waals surface area contributed by atoms with Crippen molar-refractivity contribution in [1.82, 2.24) is 5.32 Å². The number of primary amides is 1. The van der Waals surface area contributed by atoms with Gasteiger partial charge in [0.1, 0.15) is 0 Å². The third-order valence-corrected chi connectivity index (χ3v) is 3.43. The minimum atomic E-state index is -0.266. The quantitative estimate of drug-likeness (QED) is 0.693. The number of nitrogens with one attached hydrogen (secondary N) is 1. The third-order valence-electron chi connectivity index (χ3n) is 2.49. The topological polar surface area (TPSA) is 55.1 Å². The van der Waals surface area contributed by atoms with Crippen molar-refractivity contribution in [1.29, 1.82) is 0 Å². The minimum Gasteiger partial charge on any atom is -0.368 e. The van der Waals surface area contributed by atoms with Crippen LogP contribution in [0.15, 0.2) is 30.3 Å². The molecule has 0 fully saturated rings. The number of benzene rings is 1. The molecule has 1 rings (SSSR count). The summed E-state index contributed by atoms with van der Waals surface area (Å²) in [5.41, 5.74) is 6.54. The fraction of sp³-hybridized carbons (Fsp3) is 0.462. The van der Waals surface area contributed by atoms with Crippen LogP contribution in [0, 0.1) is 0 Å². The van der Waals surface area contributed by atoms with E-state index in [-0.39, 0.29) is 11.9 Å². The van der Waals surface area contributed by atoms with Crippen LogP contribution in [-0.4, -0.2) is 23.5 Å². The molecule has 0 saturated heterocycles. The molecule has 3 N–H and O–H groups in total. The van der Waals surface area contributed by atoms with Gasteiger partial charge in [0.15, 0.2) is 0 Å². The van der Waals surface area contributed by atoms with Crippen molar-refractivity contribution in [2.75, 3.05) is 11.5 Å². The molecule has 1 atom stereocenters. The molecule has 0 saturated carbocycles. The highest BCUT2D eigenvalue weighted by Gasteiger charge is 2.13. The van der Waals surface area contributed by atoms with Gasteiger partial charge >= 0.3 is 0 Å². The van der Waals surface area contributed by atoms with Crippen LogP contribution in [0.25, 0.3) is 0 Å². The summed E-state index contributed by atoms with van der Waals surface area (Å²) < 4.78 is 0. The predicted octanol–water partition coefficient (Wildman–Crippen LogP) is 1.77. The largest absolute Gasteiger partial charge is 0.368 e. The Morgan fingerprint density at radius 3 is 2.71 bits per heavy atom. The Labute approximate surface area is 107 Å². The van der Waals surface area contributed by atoms with E-state index in [9.17, 15) is 4.79 Å². The lowest BCUT2D eigenvalue weighted by Crippen LogP contribution is -2.41. The molecule has 1 aromatic rings. The summed E-state index contributed by atoms with van der Waals surface area (Å²) in [5.74, 6) is 1.77. The van der Waals surface area contributed by atoms with Gasteiger partial charge in [0, 0.05) is 6.54 Å². The maximum absolute atomic E-state index is 11.3. The van der Waals surface area contributed by atoms with Crippen molar-refractivity contribution in [3.63, 3.8) is 0 Å². The summed E-state index contributed by atoms with van der Waals surface area (Å²) in [6.07, 6.45) is 0.792. The smallest absolute Gasteiger partial charge is 0.234 e. The molecule has 0 aliphatic heterocycles. The van der Waals surface area contributed by atoms with E-state index in [0.717, 1.165) is 17.9 Å². The molecule has 0 aliphatic rings. The molecule has 3 nitrogen and oxygen atoms in total. The molecule has 0 heterocycles. The van der Waals surface area contributed by atoms with Gasteiger partial charge in [-0.3, -0.25) is 4.79 Å². The predicted molar refractivity (Wildman–Crippen MR) is 73.9 cm³/mol. The molecule has 17 heavy (non-hydrogen) atoms. The highest BCUT2D eigenvalue weighted by Crippen LogP contribution is 2.05. The molecule has 0 radical (unpaired) electrons. The number of amides is 1. The molecule has 0 bridgehead atoms. The van der Waals surface area contributed by atoms with Crippen molar-refractivity contribution >= 4 is 17.7 Å². The van der Waals surface area contributed by atoms with Crippen LogP contribution in [0.4, 0.5) is 0 Å². The minimum absolute atomic E-state index is 0.228. The summed E-state index contributed by atoms with van der Waals surface area (Å²) >= 11 is 1.83.